The maximum Gasteiger partial charge on any atom is 0.241 e. The molecule has 1 amide bonds. The molecule has 2 aromatic carbocycles. The van der Waals surface area contributed by atoms with Crippen molar-refractivity contribution in [2.75, 3.05) is 26.8 Å². The molecule has 2 aromatic rings. The van der Waals surface area contributed by atoms with Crippen molar-refractivity contribution in [2.45, 2.75) is 48.8 Å². The fourth-order valence-electron chi connectivity index (χ4n) is 4.75. The highest BCUT2D eigenvalue weighted by Crippen LogP contribution is 2.24. The molecule has 2 heterocycles. The molecular formula is C27H34N2O6S. The van der Waals surface area contributed by atoms with E-state index < -0.39 is 28.3 Å². The highest BCUT2D eigenvalue weighted by atomic mass is 32.2. The van der Waals surface area contributed by atoms with E-state index in [0.717, 1.165) is 32.4 Å². The van der Waals surface area contributed by atoms with E-state index in [9.17, 15) is 18.3 Å². The summed E-state index contributed by atoms with van der Waals surface area (Å²) in [6, 6.07) is 15.7. The van der Waals surface area contributed by atoms with Crippen molar-refractivity contribution in [1.29, 1.82) is 0 Å². The van der Waals surface area contributed by atoms with Gasteiger partial charge in [-0.15, -0.1) is 0 Å². The van der Waals surface area contributed by atoms with Gasteiger partial charge in [0.05, 0.1) is 37.2 Å². The Labute approximate surface area is 213 Å². The fraction of sp³-hybridized carbons (Fsp3) is 0.444. The number of hydrogen-bond acceptors (Lipinski definition) is 6. The molecule has 0 unspecified atom stereocenters. The molecule has 2 aliphatic heterocycles. The Hall–Kier alpha value is -2.72. The lowest BCUT2D eigenvalue weighted by Crippen LogP contribution is -2.49. The van der Waals surface area contributed by atoms with Gasteiger partial charge in [0.2, 0.25) is 15.9 Å². The summed E-state index contributed by atoms with van der Waals surface area (Å²) in [5, 5.41) is 9.84. The second-order valence-electron chi connectivity index (χ2n) is 9.32. The van der Waals surface area contributed by atoms with Crippen LogP contribution in [0.4, 0.5) is 0 Å². The number of nitrogens with one attached hydrogen (secondary N) is 1. The van der Waals surface area contributed by atoms with Crippen molar-refractivity contribution in [1.82, 2.24) is 9.62 Å². The van der Waals surface area contributed by atoms with Crippen LogP contribution in [0.1, 0.15) is 24.8 Å². The zero-order chi connectivity index (χ0) is 25.5. The molecule has 0 saturated carbocycles. The van der Waals surface area contributed by atoms with Crippen LogP contribution >= 0.6 is 0 Å². The third-order valence-electron chi connectivity index (χ3n) is 6.83. The van der Waals surface area contributed by atoms with Gasteiger partial charge >= 0.3 is 0 Å². The van der Waals surface area contributed by atoms with Crippen LogP contribution in [-0.4, -0.2) is 69.4 Å². The molecule has 2 aliphatic rings. The zero-order valence-electron chi connectivity index (χ0n) is 20.5. The highest BCUT2D eigenvalue weighted by Gasteiger charge is 2.32. The second-order valence-corrected chi connectivity index (χ2v) is 11.0. The van der Waals surface area contributed by atoms with E-state index in [1.807, 2.05) is 11.0 Å². The zero-order valence-corrected chi connectivity index (χ0v) is 21.3. The van der Waals surface area contributed by atoms with Crippen LogP contribution in [0.25, 0.3) is 0 Å². The lowest BCUT2D eigenvalue weighted by molar-refractivity contribution is -0.136. The molecule has 194 valence electrons. The van der Waals surface area contributed by atoms with Gasteiger partial charge in [-0.05, 0) is 55.0 Å². The van der Waals surface area contributed by atoms with Gasteiger partial charge < -0.3 is 19.5 Å². The number of benzene rings is 2. The first kappa shape index (κ1) is 26.3. The summed E-state index contributed by atoms with van der Waals surface area (Å²) in [5.41, 5.74) is 1.33. The monoisotopic (exact) mass is 514 g/mol. The average Bonchev–Trinajstić information content (AvgIpc) is 2.90. The van der Waals surface area contributed by atoms with Gasteiger partial charge in [-0.25, -0.2) is 13.1 Å². The van der Waals surface area contributed by atoms with Crippen LogP contribution < -0.4 is 9.46 Å². The van der Waals surface area contributed by atoms with Crippen LogP contribution in [0.15, 0.2) is 71.6 Å². The van der Waals surface area contributed by atoms with Crippen molar-refractivity contribution >= 4 is 15.9 Å². The molecule has 0 radical (unpaired) electrons. The molecule has 36 heavy (non-hydrogen) atoms. The largest absolute Gasteiger partial charge is 0.497 e. The van der Waals surface area contributed by atoms with Gasteiger partial charge in [0.15, 0.2) is 0 Å². The maximum absolute atomic E-state index is 12.9. The van der Waals surface area contributed by atoms with Gasteiger partial charge in [0, 0.05) is 13.1 Å². The first-order valence-corrected chi connectivity index (χ1v) is 13.8. The molecule has 3 atom stereocenters. The number of piperidine rings is 1. The maximum atomic E-state index is 12.9. The molecule has 8 nitrogen and oxygen atoms in total. The molecule has 1 fully saturated rings. The topological polar surface area (TPSA) is 105 Å². The summed E-state index contributed by atoms with van der Waals surface area (Å²) >= 11 is 0. The number of ether oxygens (including phenoxy) is 2. The standard InChI is InChI=1S/C27H34N2O6S/c1-34-22-7-10-24(11-8-22)36(32,33)28-25-12-9-23(35-26(25)19-30)18-27(31)29-15-13-21(14-16-29)17-20-5-3-2-4-6-20/h2-12,21,23,25-26,28,30H,13-19H2,1H3/t23-,25+,26+/m0/s1. The molecule has 2 N–H and O–H groups in total. The smallest absolute Gasteiger partial charge is 0.241 e. The summed E-state index contributed by atoms with van der Waals surface area (Å²) in [4.78, 5) is 14.9. The molecule has 4 rings (SSSR count). The van der Waals surface area contributed by atoms with Crippen molar-refractivity contribution < 1.29 is 27.8 Å². The van der Waals surface area contributed by atoms with E-state index >= 15 is 0 Å². The normalized spacial score (nSPS) is 22.9. The van der Waals surface area contributed by atoms with E-state index in [1.165, 1.54) is 24.8 Å². The Morgan fingerprint density at radius 2 is 1.78 bits per heavy atom. The molecule has 0 aliphatic carbocycles. The Bertz CT molecular complexity index is 1130. The summed E-state index contributed by atoms with van der Waals surface area (Å²) < 4.78 is 39.1. The van der Waals surface area contributed by atoms with Gasteiger partial charge in [-0.1, -0.05) is 42.5 Å². The number of rotatable bonds is 9. The predicted molar refractivity (Wildman–Crippen MR) is 136 cm³/mol. The third kappa shape index (κ3) is 6.73. The Kier molecular flexibility index (Phi) is 8.79. The van der Waals surface area contributed by atoms with Crippen molar-refractivity contribution in [3.05, 3.63) is 72.3 Å². The van der Waals surface area contributed by atoms with E-state index in [4.69, 9.17) is 9.47 Å². The molecule has 9 heteroatoms. The van der Waals surface area contributed by atoms with Crippen LogP contribution in [-0.2, 0) is 26.0 Å². The van der Waals surface area contributed by atoms with E-state index in [2.05, 4.69) is 29.0 Å². The number of hydrogen-bond donors (Lipinski definition) is 2. The number of nitrogens with zero attached hydrogens (tertiary/aromatic N) is 1. The molecule has 0 aromatic heterocycles. The van der Waals surface area contributed by atoms with Crippen molar-refractivity contribution in [2.24, 2.45) is 5.92 Å². The number of aliphatic hydroxyl groups excluding tert-OH is 1. The number of aliphatic hydroxyl groups is 1. The minimum Gasteiger partial charge on any atom is -0.497 e. The van der Waals surface area contributed by atoms with Crippen molar-refractivity contribution in [3.8, 4) is 5.75 Å². The average molecular weight is 515 g/mol. The molecule has 1 saturated heterocycles. The number of carbonyl (C=O) groups is 1. The minimum atomic E-state index is -3.84. The predicted octanol–water partition coefficient (Wildman–Crippen LogP) is 2.53. The summed E-state index contributed by atoms with van der Waals surface area (Å²) in [5.74, 6) is 1.13. The van der Waals surface area contributed by atoms with Crippen LogP contribution in [0.5, 0.6) is 5.75 Å². The van der Waals surface area contributed by atoms with Gasteiger partial charge in [-0.3, -0.25) is 4.79 Å². The second kappa shape index (κ2) is 12.0. The summed E-state index contributed by atoms with van der Waals surface area (Å²) in [6.45, 7) is 1.07. The van der Waals surface area contributed by atoms with Crippen LogP contribution in [0, 0.1) is 5.92 Å². The first-order valence-electron chi connectivity index (χ1n) is 12.3. The molecule has 0 spiro atoms. The van der Waals surface area contributed by atoms with E-state index in [1.54, 1.807) is 24.3 Å². The lowest BCUT2D eigenvalue weighted by atomic mass is 9.90. The van der Waals surface area contributed by atoms with Crippen molar-refractivity contribution in [3.63, 3.8) is 0 Å². The SMILES string of the molecule is COc1ccc(S(=O)(=O)N[C@@H]2C=C[C@@H](CC(=O)N3CCC(Cc4ccccc4)CC3)O[C@@H]2CO)cc1. The molecule has 0 bridgehead atoms. The van der Waals surface area contributed by atoms with Crippen LogP contribution in [0.2, 0.25) is 0 Å². The summed E-state index contributed by atoms with van der Waals surface area (Å²) in [7, 11) is -2.33. The molecular weight excluding hydrogens is 480 g/mol. The number of amides is 1. The van der Waals surface area contributed by atoms with E-state index in [-0.39, 0.29) is 23.8 Å². The lowest BCUT2D eigenvalue weighted by Gasteiger charge is -2.35. The quantitative estimate of drug-likeness (QED) is 0.499. The van der Waals surface area contributed by atoms with Crippen LogP contribution in [0.3, 0.4) is 0 Å². The number of carbonyl (C=O) groups excluding carboxylic acids is 1. The fourth-order valence-corrected chi connectivity index (χ4v) is 5.97. The minimum absolute atomic E-state index is 0.0109. The van der Waals surface area contributed by atoms with Gasteiger partial charge in [0.1, 0.15) is 11.9 Å². The van der Waals surface area contributed by atoms with Gasteiger partial charge in [0.25, 0.3) is 0 Å². The Balaban J connectivity index is 1.29. The highest BCUT2D eigenvalue weighted by molar-refractivity contribution is 7.89. The first-order chi connectivity index (χ1) is 17.4. The van der Waals surface area contributed by atoms with E-state index in [0.29, 0.717) is 11.7 Å². The Morgan fingerprint density at radius 3 is 2.42 bits per heavy atom. The number of methoxy groups -OCH3 is 1. The Morgan fingerprint density at radius 1 is 1.08 bits per heavy atom. The summed E-state index contributed by atoms with van der Waals surface area (Å²) in [6.07, 6.45) is 5.18. The third-order valence-corrected chi connectivity index (χ3v) is 8.31. The number of sulfonamides is 1. The van der Waals surface area contributed by atoms with Gasteiger partial charge in [-0.2, -0.15) is 0 Å². The number of likely N-dealkylation sites (tertiary alicyclic amines) is 1.